The summed E-state index contributed by atoms with van der Waals surface area (Å²) < 4.78 is 0. The Morgan fingerprint density at radius 1 is 1.58 bits per heavy atom. The number of hydrogen-bond donors (Lipinski definition) is 2. The maximum Gasteiger partial charge on any atom is 0.147 e. The molecule has 1 unspecified atom stereocenters. The average molecular weight is 172 g/mol. The molecule has 3 nitrogen and oxygen atoms in total. The van der Waals surface area contributed by atoms with Crippen molar-refractivity contribution in [1.29, 1.82) is 0 Å². The van der Waals surface area contributed by atoms with Crippen molar-refractivity contribution in [2.75, 3.05) is 19.7 Å². The van der Waals surface area contributed by atoms with Crippen molar-refractivity contribution in [2.45, 2.75) is 26.3 Å². The third-order valence-corrected chi connectivity index (χ3v) is 3.03. The number of aliphatic hydroxyl groups is 1. The molecule has 1 aliphatic heterocycles. The van der Waals surface area contributed by atoms with E-state index in [0.29, 0.717) is 18.2 Å². The van der Waals surface area contributed by atoms with Gasteiger partial charge >= 0.3 is 0 Å². The molecule has 3 heteroatoms. The smallest absolute Gasteiger partial charge is 0.147 e. The molecule has 0 aromatic carbocycles. The van der Waals surface area contributed by atoms with Gasteiger partial charge in [-0.2, -0.15) is 0 Å². The second kappa shape index (κ2) is 4.01. The Hall–Kier alpha value is -0.410. The maximum atomic E-state index is 11.3. The lowest BCUT2D eigenvalue weighted by Gasteiger charge is -2.33. The van der Waals surface area contributed by atoms with Crippen LogP contribution in [0.25, 0.3) is 0 Å². The Morgan fingerprint density at radius 2 is 2.25 bits per heavy atom. The van der Waals surface area contributed by atoms with E-state index in [0.717, 1.165) is 13.1 Å². The van der Waals surface area contributed by atoms with Gasteiger partial charge in [-0.1, -0.05) is 0 Å². The van der Waals surface area contributed by atoms with Crippen molar-refractivity contribution in [1.82, 2.24) is 0 Å². The molecule has 3 atom stereocenters. The lowest BCUT2D eigenvalue weighted by Crippen LogP contribution is -3.17. The van der Waals surface area contributed by atoms with Gasteiger partial charge in [0.15, 0.2) is 0 Å². The van der Waals surface area contributed by atoms with E-state index in [1.807, 2.05) is 6.92 Å². The maximum absolute atomic E-state index is 11.3. The van der Waals surface area contributed by atoms with Crippen LogP contribution >= 0.6 is 0 Å². The normalized spacial score (nSPS) is 36.9. The van der Waals surface area contributed by atoms with Crippen molar-refractivity contribution in [3.63, 3.8) is 0 Å². The van der Waals surface area contributed by atoms with E-state index in [1.54, 1.807) is 0 Å². The SMILES string of the molecule is C[C@@H]1C(=O)CC[NH+](CCO)[C@@H]1C. The Bertz CT molecular complexity index is 170. The number of hydrogen-bond acceptors (Lipinski definition) is 2. The van der Waals surface area contributed by atoms with E-state index >= 15 is 0 Å². The fourth-order valence-electron chi connectivity index (χ4n) is 1.87. The standard InChI is InChI=1S/C9H17NO2/c1-7-8(2)10(5-6-11)4-3-9(7)12/h7-8,11H,3-6H2,1-2H3/p+1/t7-,8+/m0/s1. The summed E-state index contributed by atoms with van der Waals surface area (Å²) >= 11 is 0. The first kappa shape index (κ1) is 9.68. The number of nitrogens with one attached hydrogen (secondary N) is 1. The minimum atomic E-state index is 0.167. The zero-order valence-corrected chi connectivity index (χ0v) is 7.84. The van der Waals surface area contributed by atoms with Crippen LogP contribution in [-0.4, -0.2) is 36.6 Å². The summed E-state index contributed by atoms with van der Waals surface area (Å²) in [5.41, 5.74) is 0. The van der Waals surface area contributed by atoms with Crippen LogP contribution in [0.2, 0.25) is 0 Å². The fraction of sp³-hybridized carbons (Fsp3) is 0.889. The van der Waals surface area contributed by atoms with Gasteiger partial charge in [0.1, 0.15) is 12.3 Å². The van der Waals surface area contributed by atoms with Gasteiger partial charge in [0, 0.05) is 0 Å². The lowest BCUT2D eigenvalue weighted by molar-refractivity contribution is -0.928. The molecule has 1 saturated heterocycles. The molecule has 0 spiro atoms. The van der Waals surface area contributed by atoms with Crippen molar-refractivity contribution in [2.24, 2.45) is 5.92 Å². The highest BCUT2D eigenvalue weighted by Crippen LogP contribution is 2.07. The van der Waals surface area contributed by atoms with Gasteiger partial charge in [-0.05, 0) is 13.8 Å². The van der Waals surface area contributed by atoms with Crippen LogP contribution in [0.3, 0.4) is 0 Å². The summed E-state index contributed by atoms with van der Waals surface area (Å²) in [5.74, 6) is 0.546. The number of ketones is 1. The van der Waals surface area contributed by atoms with E-state index in [-0.39, 0.29) is 12.5 Å². The molecule has 1 rings (SSSR count). The molecule has 0 radical (unpaired) electrons. The summed E-state index contributed by atoms with van der Waals surface area (Å²) in [6.45, 7) is 5.97. The first-order valence-corrected chi connectivity index (χ1v) is 4.65. The average Bonchev–Trinajstić information content (AvgIpc) is 2.07. The molecule has 70 valence electrons. The van der Waals surface area contributed by atoms with E-state index in [9.17, 15) is 4.79 Å². The highest BCUT2D eigenvalue weighted by Gasteiger charge is 2.33. The molecule has 1 heterocycles. The molecule has 2 N–H and O–H groups in total. The van der Waals surface area contributed by atoms with Crippen molar-refractivity contribution in [3.8, 4) is 0 Å². The van der Waals surface area contributed by atoms with Gasteiger partial charge in [0.25, 0.3) is 0 Å². The lowest BCUT2D eigenvalue weighted by atomic mass is 9.91. The molecule has 0 aromatic heterocycles. The van der Waals surface area contributed by atoms with E-state index in [4.69, 9.17) is 5.11 Å². The van der Waals surface area contributed by atoms with E-state index in [2.05, 4.69) is 6.92 Å². The van der Waals surface area contributed by atoms with Gasteiger partial charge in [-0.3, -0.25) is 4.79 Å². The molecule has 0 aromatic rings. The number of quaternary nitrogens is 1. The molecule has 0 saturated carbocycles. The molecule has 0 amide bonds. The number of piperidine rings is 1. The van der Waals surface area contributed by atoms with Gasteiger partial charge in [0.2, 0.25) is 0 Å². The predicted octanol–water partition coefficient (Wildman–Crippen LogP) is -1.14. The summed E-state index contributed by atoms with van der Waals surface area (Å²) in [6.07, 6.45) is 0.681. The molecular formula is C9H18NO2+. The molecular weight excluding hydrogens is 154 g/mol. The monoisotopic (exact) mass is 172 g/mol. The molecule has 1 aliphatic rings. The Kier molecular flexibility index (Phi) is 3.23. The van der Waals surface area contributed by atoms with E-state index < -0.39 is 0 Å². The van der Waals surface area contributed by atoms with Crippen LogP contribution in [-0.2, 0) is 4.79 Å². The first-order chi connectivity index (χ1) is 5.66. The molecule has 12 heavy (non-hydrogen) atoms. The number of carbonyl (C=O) groups is 1. The quantitative estimate of drug-likeness (QED) is 0.553. The third kappa shape index (κ3) is 1.84. The van der Waals surface area contributed by atoms with Crippen LogP contribution in [0.5, 0.6) is 0 Å². The van der Waals surface area contributed by atoms with Gasteiger partial charge < -0.3 is 10.0 Å². The van der Waals surface area contributed by atoms with Crippen LogP contribution in [0, 0.1) is 5.92 Å². The molecule has 0 aliphatic carbocycles. The zero-order chi connectivity index (χ0) is 9.14. The van der Waals surface area contributed by atoms with Gasteiger partial charge in [-0.25, -0.2) is 0 Å². The Labute approximate surface area is 73.4 Å². The summed E-state index contributed by atoms with van der Waals surface area (Å²) in [6, 6.07) is 0.374. The number of carbonyl (C=O) groups excluding carboxylic acids is 1. The Morgan fingerprint density at radius 3 is 2.83 bits per heavy atom. The minimum Gasteiger partial charge on any atom is -0.391 e. The van der Waals surface area contributed by atoms with Crippen molar-refractivity contribution in [3.05, 3.63) is 0 Å². The van der Waals surface area contributed by atoms with Crippen LogP contribution in [0.4, 0.5) is 0 Å². The summed E-state index contributed by atoms with van der Waals surface area (Å²) in [5, 5.41) is 8.78. The highest BCUT2D eigenvalue weighted by atomic mass is 16.3. The van der Waals surface area contributed by atoms with E-state index in [1.165, 1.54) is 4.90 Å². The zero-order valence-electron chi connectivity index (χ0n) is 7.84. The highest BCUT2D eigenvalue weighted by molar-refractivity contribution is 5.81. The van der Waals surface area contributed by atoms with Gasteiger partial charge in [-0.15, -0.1) is 0 Å². The van der Waals surface area contributed by atoms with Crippen molar-refractivity contribution < 1.29 is 14.8 Å². The van der Waals surface area contributed by atoms with Crippen LogP contribution < -0.4 is 4.90 Å². The predicted molar refractivity (Wildman–Crippen MR) is 46.0 cm³/mol. The second-order valence-corrected chi connectivity index (χ2v) is 3.68. The third-order valence-electron chi connectivity index (χ3n) is 3.03. The van der Waals surface area contributed by atoms with Crippen molar-refractivity contribution >= 4 is 5.78 Å². The van der Waals surface area contributed by atoms with Crippen LogP contribution in [0.15, 0.2) is 0 Å². The molecule has 1 fully saturated rings. The first-order valence-electron chi connectivity index (χ1n) is 4.65. The summed E-state index contributed by atoms with van der Waals surface area (Å²) in [4.78, 5) is 12.6. The molecule has 0 bridgehead atoms. The second-order valence-electron chi connectivity index (χ2n) is 3.68. The number of aliphatic hydroxyl groups excluding tert-OH is 1. The van der Waals surface area contributed by atoms with Gasteiger partial charge in [0.05, 0.1) is 31.5 Å². The number of likely N-dealkylation sites (tertiary alicyclic amines) is 1. The minimum absolute atomic E-state index is 0.167. The van der Waals surface area contributed by atoms with Crippen LogP contribution in [0.1, 0.15) is 20.3 Å². The largest absolute Gasteiger partial charge is 0.391 e. The Balaban J connectivity index is 2.52. The fourth-order valence-corrected chi connectivity index (χ4v) is 1.87. The number of rotatable bonds is 2. The summed E-state index contributed by atoms with van der Waals surface area (Å²) in [7, 11) is 0. The topological polar surface area (TPSA) is 41.7 Å². The number of Topliss-reactive ketones (excluding diaryl/α,β-unsaturated/α-hetero) is 1.